The molecule has 16 heavy (non-hydrogen) atoms. The van der Waals surface area contributed by atoms with Crippen LogP contribution in [0.15, 0.2) is 0 Å². The Morgan fingerprint density at radius 1 is 1.62 bits per heavy atom. The Bertz CT molecular complexity index is 277. The SMILES string of the molecule is CC(C)(C)OC(=O)N1C[C@@H](F)C[C@@]1(C)CO. The number of likely N-dealkylation sites (tertiary alicyclic amines) is 1. The van der Waals surface area contributed by atoms with Crippen LogP contribution in [0.25, 0.3) is 0 Å². The Morgan fingerprint density at radius 3 is 2.62 bits per heavy atom. The lowest BCUT2D eigenvalue weighted by atomic mass is 10.0. The second kappa shape index (κ2) is 4.20. The van der Waals surface area contributed by atoms with Crippen molar-refractivity contribution in [3.05, 3.63) is 0 Å². The molecule has 0 aromatic carbocycles. The largest absolute Gasteiger partial charge is 0.444 e. The highest BCUT2D eigenvalue weighted by Crippen LogP contribution is 2.31. The first-order valence-corrected chi connectivity index (χ1v) is 5.43. The van der Waals surface area contributed by atoms with Gasteiger partial charge in [-0.05, 0) is 27.7 Å². The molecule has 0 unspecified atom stereocenters. The van der Waals surface area contributed by atoms with Gasteiger partial charge in [-0.3, -0.25) is 4.90 Å². The zero-order chi connectivity index (χ0) is 12.6. The molecule has 1 heterocycles. The number of nitrogens with zero attached hydrogens (tertiary/aromatic N) is 1. The first kappa shape index (κ1) is 13.2. The highest BCUT2D eigenvalue weighted by Gasteiger charge is 2.46. The number of amides is 1. The third kappa shape index (κ3) is 2.84. The number of hydrogen-bond acceptors (Lipinski definition) is 3. The van der Waals surface area contributed by atoms with Gasteiger partial charge < -0.3 is 9.84 Å². The standard InChI is InChI=1S/C11H20FNO3/c1-10(2,3)16-9(15)13-6-8(12)5-11(13,4)7-14/h8,14H,5-7H2,1-4H3/t8-,11-/m0/s1. The van der Waals surface area contributed by atoms with E-state index in [1.165, 1.54) is 4.90 Å². The molecule has 1 fully saturated rings. The summed E-state index contributed by atoms with van der Waals surface area (Å²) in [4.78, 5) is 13.1. The van der Waals surface area contributed by atoms with Crippen molar-refractivity contribution in [1.29, 1.82) is 0 Å². The van der Waals surface area contributed by atoms with E-state index in [0.717, 1.165) is 0 Å². The van der Waals surface area contributed by atoms with Gasteiger partial charge in [0.2, 0.25) is 0 Å². The van der Waals surface area contributed by atoms with Crippen molar-refractivity contribution in [2.75, 3.05) is 13.2 Å². The fourth-order valence-electron chi connectivity index (χ4n) is 1.83. The van der Waals surface area contributed by atoms with Crippen LogP contribution in [0, 0.1) is 0 Å². The molecule has 1 saturated heterocycles. The molecular formula is C11H20FNO3. The van der Waals surface area contributed by atoms with E-state index in [0.29, 0.717) is 0 Å². The van der Waals surface area contributed by atoms with Crippen LogP contribution in [0.1, 0.15) is 34.1 Å². The van der Waals surface area contributed by atoms with Crippen molar-refractivity contribution >= 4 is 6.09 Å². The van der Waals surface area contributed by atoms with Gasteiger partial charge in [0.05, 0.1) is 18.7 Å². The van der Waals surface area contributed by atoms with E-state index >= 15 is 0 Å². The third-order valence-electron chi connectivity index (χ3n) is 2.65. The Balaban J connectivity index is 2.75. The molecule has 0 aromatic heterocycles. The van der Waals surface area contributed by atoms with Gasteiger partial charge in [-0.15, -0.1) is 0 Å². The summed E-state index contributed by atoms with van der Waals surface area (Å²) in [5.74, 6) is 0. The average molecular weight is 233 g/mol. The Kier molecular flexibility index (Phi) is 3.47. The van der Waals surface area contributed by atoms with Gasteiger partial charge in [-0.2, -0.15) is 0 Å². The fourth-order valence-corrected chi connectivity index (χ4v) is 1.83. The Labute approximate surface area is 95.4 Å². The molecule has 1 N–H and O–H groups in total. The summed E-state index contributed by atoms with van der Waals surface area (Å²) in [6.07, 6.45) is -1.50. The van der Waals surface area contributed by atoms with E-state index in [1.807, 2.05) is 0 Å². The van der Waals surface area contributed by atoms with E-state index in [-0.39, 0.29) is 19.6 Å². The van der Waals surface area contributed by atoms with Crippen LogP contribution in [0.5, 0.6) is 0 Å². The van der Waals surface area contributed by atoms with Crippen LogP contribution in [-0.4, -0.2) is 46.6 Å². The summed E-state index contributed by atoms with van der Waals surface area (Å²) in [5.41, 5.74) is -1.45. The first-order valence-electron chi connectivity index (χ1n) is 5.43. The number of alkyl halides is 1. The van der Waals surface area contributed by atoms with Crippen molar-refractivity contribution in [3.8, 4) is 0 Å². The maximum Gasteiger partial charge on any atom is 0.410 e. The summed E-state index contributed by atoms with van der Waals surface area (Å²) < 4.78 is 18.5. The summed E-state index contributed by atoms with van der Waals surface area (Å²) >= 11 is 0. The lowest BCUT2D eigenvalue weighted by molar-refractivity contribution is -0.000210. The van der Waals surface area contributed by atoms with Crippen molar-refractivity contribution in [3.63, 3.8) is 0 Å². The molecule has 1 aliphatic rings. The maximum absolute atomic E-state index is 13.3. The second-order valence-electron chi connectivity index (χ2n) is 5.55. The van der Waals surface area contributed by atoms with Crippen LogP contribution in [0.2, 0.25) is 0 Å². The molecule has 94 valence electrons. The molecule has 0 bridgehead atoms. The quantitative estimate of drug-likeness (QED) is 0.750. The zero-order valence-corrected chi connectivity index (χ0v) is 10.3. The van der Waals surface area contributed by atoms with Crippen molar-refractivity contribution < 1.29 is 19.0 Å². The van der Waals surface area contributed by atoms with E-state index in [9.17, 15) is 14.3 Å². The molecule has 2 atom stereocenters. The summed E-state index contributed by atoms with van der Waals surface area (Å²) in [6, 6.07) is 0. The zero-order valence-electron chi connectivity index (χ0n) is 10.3. The van der Waals surface area contributed by atoms with Gasteiger partial charge in [0, 0.05) is 6.42 Å². The molecular weight excluding hydrogens is 213 g/mol. The van der Waals surface area contributed by atoms with Gasteiger partial charge in [0.25, 0.3) is 0 Å². The van der Waals surface area contributed by atoms with Crippen molar-refractivity contribution in [1.82, 2.24) is 4.90 Å². The average Bonchev–Trinajstić information content (AvgIpc) is 2.40. The lowest BCUT2D eigenvalue weighted by Crippen LogP contribution is -2.49. The smallest absolute Gasteiger partial charge is 0.410 e. The molecule has 0 aliphatic carbocycles. The Morgan fingerprint density at radius 2 is 2.19 bits per heavy atom. The van der Waals surface area contributed by atoms with Crippen LogP contribution >= 0.6 is 0 Å². The molecule has 4 nitrogen and oxygen atoms in total. The van der Waals surface area contributed by atoms with Crippen LogP contribution in [0.4, 0.5) is 9.18 Å². The minimum Gasteiger partial charge on any atom is -0.444 e. The minimum atomic E-state index is -1.09. The number of ether oxygens (including phenoxy) is 1. The number of hydrogen-bond donors (Lipinski definition) is 1. The number of halogens is 1. The van der Waals surface area contributed by atoms with Crippen LogP contribution in [0.3, 0.4) is 0 Å². The number of carbonyl (C=O) groups excluding carboxylic acids is 1. The molecule has 0 aromatic rings. The van der Waals surface area contributed by atoms with E-state index in [4.69, 9.17) is 4.74 Å². The number of aliphatic hydroxyl groups excluding tert-OH is 1. The van der Waals surface area contributed by atoms with E-state index in [2.05, 4.69) is 0 Å². The summed E-state index contributed by atoms with van der Waals surface area (Å²) in [7, 11) is 0. The minimum absolute atomic E-state index is 0.00796. The van der Waals surface area contributed by atoms with Gasteiger partial charge in [0.1, 0.15) is 11.8 Å². The predicted octanol–water partition coefficient (Wildman–Crippen LogP) is 1.72. The molecule has 1 rings (SSSR count). The molecule has 1 amide bonds. The summed E-state index contributed by atoms with van der Waals surface area (Å²) in [5, 5.41) is 9.24. The lowest BCUT2D eigenvalue weighted by Gasteiger charge is -2.34. The Hall–Kier alpha value is -0.840. The highest BCUT2D eigenvalue weighted by molar-refractivity contribution is 5.69. The van der Waals surface area contributed by atoms with Crippen molar-refractivity contribution in [2.45, 2.75) is 51.4 Å². The summed E-state index contributed by atoms with van der Waals surface area (Å²) in [6.45, 7) is 6.66. The monoisotopic (exact) mass is 233 g/mol. The van der Waals surface area contributed by atoms with Crippen LogP contribution < -0.4 is 0 Å². The third-order valence-corrected chi connectivity index (χ3v) is 2.65. The van der Waals surface area contributed by atoms with Gasteiger partial charge in [0.15, 0.2) is 0 Å². The number of aliphatic hydroxyl groups is 1. The molecule has 0 saturated carbocycles. The number of carbonyl (C=O) groups is 1. The molecule has 0 spiro atoms. The molecule has 5 heteroatoms. The predicted molar refractivity (Wildman–Crippen MR) is 57.9 cm³/mol. The molecule has 1 aliphatic heterocycles. The normalized spacial score (nSPS) is 30.6. The van der Waals surface area contributed by atoms with Gasteiger partial charge >= 0.3 is 6.09 Å². The number of rotatable bonds is 1. The van der Waals surface area contributed by atoms with E-state index < -0.39 is 23.4 Å². The van der Waals surface area contributed by atoms with E-state index in [1.54, 1.807) is 27.7 Å². The second-order valence-corrected chi connectivity index (χ2v) is 5.55. The van der Waals surface area contributed by atoms with Gasteiger partial charge in [-0.1, -0.05) is 0 Å². The van der Waals surface area contributed by atoms with Crippen molar-refractivity contribution in [2.24, 2.45) is 0 Å². The van der Waals surface area contributed by atoms with Gasteiger partial charge in [-0.25, -0.2) is 9.18 Å². The highest BCUT2D eigenvalue weighted by atomic mass is 19.1. The first-order chi connectivity index (χ1) is 7.18. The topological polar surface area (TPSA) is 49.8 Å². The molecule has 0 radical (unpaired) electrons. The van der Waals surface area contributed by atoms with Crippen LogP contribution in [-0.2, 0) is 4.74 Å². The maximum atomic E-state index is 13.3. The fraction of sp³-hybridized carbons (Fsp3) is 0.909.